The normalized spacial score (nSPS) is 11.4. The van der Waals surface area contributed by atoms with Gasteiger partial charge in [0.05, 0.1) is 10.5 Å². The van der Waals surface area contributed by atoms with Crippen molar-refractivity contribution in [3.63, 3.8) is 0 Å². The molecule has 7 heteroatoms. The Hall–Kier alpha value is -1.76. The first-order chi connectivity index (χ1) is 6.88. The highest BCUT2D eigenvalue weighted by Crippen LogP contribution is 2.36. The van der Waals surface area contributed by atoms with E-state index in [1.54, 1.807) is 0 Å². The number of nitro benzene ring substituents is 1. The van der Waals surface area contributed by atoms with Crippen LogP contribution in [0.1, 0.15) is 5.56 Å². The van der Waals surface area contributed by atoms with Crippen molar-refractivity contribution in [2.45, 2.75) is 5.92 Å². The number of nitro groups is 1. The van der Waals surface area contributed by atoms with Crippen molar-refractivity contribution in [3.8, 4) is 5.75 Å². The number of hydrogen-bond donors (Lipinski definition) is 2. The molecule has 0 amide bonds. The molecule has 15 heavy (non-hydrogen) atoms. The Morgan fingerprint density at radius 3 is 2.53 bits per heavy atom. The molecule has 0 unspecified atom stereocenters. The lowest BCUT2D eigenvalue weighted by molar-refractivity contribution is -0.385. The van der Waals surface area contributed by atoms with E-state index >= 15 is 0 Å². The molecule has 0 radical (unpaired) electrons. The molecule has 0 bridgehead atoms. The van der Waals surface area contributed by atoms with Gasteiger partial charge in [-0.2, -0.15) is 8.78 Å². The van der Waals surface area contributed by atoms with Crippen LogP contribution in [0, 0.1) is 10.1 Å². The third-order valence-corrected chi connectivity index (χ3v) is 1.78. The molecule has 0 aliphatic carbocycles. The number of aliphatic hydroxyl groups excluding tert-OH is 1. The minimum atomic E-state index is -3.70. The first kappa shape index (κ1) is 11.3. The van der Waals surface area contributed by atoms with Crippen LogP contribution in [0.5, 0.6) is 5.75 Å². The number of phenols is 1. The van der Waals surface area contributed by atoms with Crippen LogP contribution in [-0.4, -0.2) is 21.7 Å². The van der Waals surface area contributed by atoms with Gasteiger partial charge in [-0.05, 0) is 6.07 Å². The molecule has 0 aromatic heterocycles. The van der Waals surface area contributed by atoms with Gasteiger partial charge in [-0.1, -0.05) is 0 Å². The molecule has 0 aliphatic heterocycles. The molecule has 1 rings (SSSR count). The van der Waals surface area contributed by atoms with Gasteiger partial charge >= 0.3 is 0 Å². The zero-order valence-electron chi connectivity index (χ0n) is 7.35. The monoisotopic (exact) mass is 219 g/mol. The number of halogens is 2. The Labute approximate surface area is 82.7 Å². The number of aromatic hydroxyl groups is 1. The summed E-state index contributed by atoms with van der Waals surface area (Å²) in [5.41, 5.74) is -1.53. The van der Waals surface area contributed by atoms with E-state index in [4.69, 9.17) is 10.2 Å². The Morgan fingerprint density at radius 1 is 1.47 bits per heavy atom. The van der Waals surface area contributed by atoms with Crippen LogP contribution in [0.3, 0.4) is 0 Å². The number of alkyl halides is 2. The smallest absolute Gasteiger partial charge is 0.299 e. The van der Waals surface area contributed by atoms with E-state index in [2.05, 4.69) is 0 Å². The Morgan fingerprint density at radius 2 is 2.07 bits per heavy atom. The van der Waals surface area contributed by atoms with E-state index in [0.29, 0.717) is 6.07 Å². The fraction of sp³-hybridized carbons (Fsp3) is 0.250. The maximum absolute atomic E-state index is 13.0. The summed E-state index contributed by atoms with van der Waals surface area (Å²) in [5, 5.41) is 27.7. The van der Waals surface area contributed by atoms with Gasteiger partial charge in [0, 0.05) is 12.1 Å². The quantitative estimate of drug-likeness (QED) is 0.594. The second-order valence-electron chi connectivity index (χ2n) is 2.82. The highest BCUT2D eigenvalue weighted by Gasteiger charge is 2.34. The van der Waals surface area contributed by atoms with E-state index in [-0.39, 0.29) is 0 Å². The first-order valence-corrected chi connectivity index (χ1v) is 3.85. The van der Waals surface area contributed by atoms with E-state index in [1.807, 2.05) is 0 Å². The predicted octanol–water partition coefficient (Wildman–Crippen LogP) is 1.38. The van der Waals surface area contributed by atoms with Gasteiger partial charge in [-0.25, -0.2) is 0 Å². The van der Waals surface area contributed by atoms with Crippen molar-refractivity contribution < 1.29 is 23.9 Å². The Kier molecular flexibility index (Phi) is 2.85. The summed E-state index contributed by atoms with van der Waals surface area (Å²) in [6.07, 6.45) is 0. The van der Waals surface area contributed by atoms with Crippen molar-refractivity contribution in [1.29, 1.82) is 0 Å². The van der Waals surface area contributed by atoms with Gasteiger partial charge in [-0.15, -0.1) is 0 Å². The van der Waals surface area contributed by atoms with E-state index in [0.717, 1.165) is 12.1 Å². The van der Waals surface area contributed by atoms with E-state index in [1.165, 1.54) is 0 Å². The molecule has 1 aromatic carbocycles. The highest BCUT2D eigenvalue weighted by molar-refractivity contribution is 5.45. The van der Waals surface area contributed by atoms with Gasteiger partial charge in [0.1, 0.15) is 12.4 Å². The van der Waals surface area contributed by atoms with Crippen LogP contribution in [0.15, 0.2) is 18.2 Å². The Bertz CT molecular complexity index is 394. The number of aliphatic hydroxyl groups is 1. The second-order valence-corrected chi connectivity index (χ2v) is 2.82. The van der Waals surface area contributed by atoms with Crippen LogP contribution in [-0.2, 0) is 5.92 Å². The standard InChI is InChI=1S/C8H7F2NO4/c9-8(10,4-12)6-3-5(11(14)15)1-2-7(6)13/h1-3,12-13H,4H2. The number of phenolic OH excluding ortho intramolecular Hbond substituents is 1. The van der Waals surface area contributed by atoms with Gasteiger partial charge < -0.3 is 10.2 Å². The van der Waals surface area contributed by atoms with Crippen LogP contribution >= 0.6 is 0 Å². The van der Waals surface area contributed by atoms with Crippen LogP contribution in [0.25, 0.3) is 0 Å². The van der Waals surface area contributed by atoms with E-state index < -0.39 is 34.5 Å². The summed E-state index contributed by atoms with van der Waals surface area (Å²) < 4.78 is 25.9. The van der Waals surface area contributed by atoms with Crippen molar-refractivity contribution in [3.05, 3.63) is 33.9 Å². The third-order valence-electron chi connectivity index (χ3n) is 1.78. The summed E-state index contributed by atoms with van der Waals surface area (Å²) in [4.78, 5) is 9.43. The van der Waals surface area contributed by atoms with Gasteiger partial charge in [-0.3, -0.25) is 10.1 Å². The zero-order chi connectivity index (χ0) is 11.6. The lowest BCUT2D eigenvalue weighted by Gasteiger charge is -2.14. The van der Waals surface area contributed by atoms with E-state index in [9.17, 15) is 18.9 Å². The topological polar surface area (TPSA) is 83.6 Å². The summed E-state index contributed by atoms with van der Waals surface area (Å²) in [5.74, 6) is -4.49. The number of hydrogen-bond acceptors (Lipinski definition) is 4. The molecule has 0 aliphatic rings. The fourth-order valence-corrected chi connectivity index (χ4v) is 1.02. The average Bonchev–Trinajstić information content (AvgIpc) is 2.17. The third kappa shape index (κ3) is 2.18. The van der Waals surface area contributed by atoms with Crippen molar-refractivity contribution >= 4 is 5.69 Å². The minimum absolute atomic E-state index is 0.533. The molecule has 5 nitrogen and oxygen atoms in total. The number of rotatable bonds is 3. The molecule has 0 saturated carbocycles. The zero-order valence-corrected chi connectivity index (χ0v) is 7.35. The van der Waals surface area contributed by atoms with Crippen molar-refractivity contribution in [2.75, 3.05) is 6.61 Å². The molecule has 0 heterocycles. The average molecular weight is 219 g/mol. The van der Waals surface area contributed by atoms with Crippen molar-refractivity contribution in [2.24, 2.45) is 0 Å². The van der Waals surface area contributed by atoms with Crippen LogP contribution in [0.4, 0.5) is 14.5 Å². The predicted molar refractivity (Wildman–Crippen MR) is 45.7 cm³/mol. The number of non-ortho nitro benzene ring substituents is 1. The summed E-state index contributed by atoms with van der Waals surface area (Å²) in [7, 11) is 0. The van der Waals surface area contributed by atoms with Gasteiger partial charge in [0.2, 0.25) is 0 Å². The molecule has 1 aromatic rings. The molecular weight excluding hydrogens is 212 g/mol. The molecule has 0 spiro atoms. The SMILES string of the molecule is O=[N+]([O-])c1ccc(O)c(C(F)(F)CO)c1. The molecule has 0 fully saturated rings. The van der Waals surface area contributed by atoms with Crippen molar-refractivity contribution in [1.82, 2.24) is 0 Å². The summed E-state index contributed by atoms with van der Waals surface area (Å²) in [6.45, 7) is -1.53. The lowest BCUT2D eigenvalue weighted by atomic mass is 10.1. The van der Waals surface area contributed by atoms with Gasteiger partial charge in [0.25, 0.3) is 11.6 Å². The fourth-order valence-electron chi connectivity index (χ4n) is 1.02. The maximum atomic E-state index is 13.0. The summed E-state index contributed by atoms with van der Waals surface area (Å²) >= 11 is 0. The molecule has 2 N–H and O–H groups in total. The first-order valence-electron chi connectivity index (χ1n) is 3.85. The van der Waals surface area contributed by atoms with Crippen LogP contribution in [0.2, 0.25) is 0 Å². The lowest BCUT2D eigenvalue weighted by Crippen LogP contribution is -2.18. The summed E-state index contributed by atoms with van der Waals surface area (Å²) in [6, 6.07) is 2.22. The van der Waals surface area contributed by atoms with Gasteiger partial charge in [0.15, 0.2) is 0 Å². The van der Waals surface area contributed by atoms with Crippen LogP contribution < -0.4 is 0 Å². The molecule has 82 valence electrons. The maximum Gasteiger partial charge on any atom is 0.299 e. The second kappa shape index (κ2) is 3.77. The largest absolute Gasteiger partial charge is 0.507 e. The molecule has 0 saturated heterocycles. The Balaban J connectivity index is 3.28. The molecule has 0 atom stereocenters. The number of nitrogens with zero attached hydrogens (tertiary/aromatic N) is 1. The highest BCUT2D eigenvalue weighted by atomic mass is 19.3. The number of benzene rings is 1. The minimum Gasteiger partial charge on any atom is -0.507 e. The molecular formula is C8H7F2NO4.